The van der Waals surface area contributed by atoms with E-state index < -0.39 is 0 Å². The lowest BCUT2D eigenvalue weighted by molar-refractivity contribution is 0.935. The Morgan fingerprint density at radius 2 is 1.55 bits per heavy atom. The molecule has 0 amide bonds. The van der Waals surface area contributed by atoms with Crippen LogP contribution in [-0.4, -0.2) is 6.71 Å². The van der Waals surface area contributed by atoms with Crippen LogP contribution in [0.2, 0.25) is 12.6 Å². The van der Waals surface area contributed by atoms with Crippen LogP contribution in [0.25, 0.3) is 0 Å². The molecule has 1 saturated heterocycles. The van der Waals surface area contributed by atoms with Gasteiger partial charge in [-0.3, -0.25) is 0 Å². The second-order valence-corrected chi connectivity index (χ2v) is 3.39. The zero-order chi connectivity index (χ0) is 7.52. The molecule has 0 atom stereocenters. The molecule has 1 aliphatic rings. The predicted octanol–water partition coefficient (Wildman–Crippen LogP) is 2.18. The summed E-state index contributed by atoms with van der Waals surface area (Å²) >= 11 is 0. The molecule has 0 N–H and O–H groups in total. The number of rotatable bonds is 1. The minimum absolute atomic E-state index is 0.871. The molecule has 0 bridgehead atoms. The molecule has 0 aliphatic carbocycles. The fraction of sp³-hybridized carbons (Fsp3) is 0.400. The van der Waals surface area contributed by atoms with E-state index in [2.05, 4.69) is 30.3 Å². The van der Waals surface area contributed by atoms with Crippen LogP contribution in [0.4, 0.5) is 0 Å². The van der Waals surface area contributed by atoms with Crippen LogP contribution in [-0.2, 0) is 0 Å². The quantitative estimate of drug-likeness (QED) is 0.530. The van der Waals surface area contributed by atoms with Gasteiger partial charge >= 0.3 is 0 Å². The highest BCUT2D eigenvalue weighted by molar-refractivity contribution is 6.73. The van der Waals surface area contributed by atoms with E-state index in [1.54, 1.807) is 5.46 Å². The van der Waals surface area contributed by atoms with Crippen LogP contribution in [0.3, 0.4) is 0 Å². The predicted molar refractivity (Wildman–Crippen MR) is 50.7 cm³/mol. The van der Waals surface area contributed by atoms with Crippen LogP contribution in [0.5, 0.6) is 0 Å². The summed E-state index contributed by atoms with van der Waals surface area (Å²) in [7, 11) is 0. The molecule has 1 heteroatoms. The van der Waals surface area contributed by atoms with E-state index in [1.807, 2.05) is 0 Å². The van der Waals surface area contributed by atoms with E-state index in [0.717, 1.165) is 6.71 Å². The van der Waals surface area contributed by atoms with Crippen LogP contribution in [0.15, 0.2) is 30.3 Å². The number of hydrogen-bond donors (Lipinski definition) is 0. The summed E-state index contributed by atoms with van der Waals surface area (Å²) in [5, 5.41) is 0. The lowest BCUT2D eigenvalue weighted by Crippen LogP contribution is -2.25. The van der Waals surface area contributed by atoms with Crippen LogP contribution < -0.4 is 5.46 Å². The van der Waals surface area contributed by atoms with Gasteiger partial charge < -0.3 is 0 Å². The van der Waals surface area contributed by atoms with E-state index in [0.29, 0.717) is 0 Å². The molecule has 0 saturated carbocycles. The average Bonchev–Trinajstić information content (AvgIpc) is 2.58. The van der Waals surface area contributed by atoms with Crippen LogP contribution in [0, 0.1) is 0 Å². The van der Waals surface area contributed by atoms with Crippen molar-refractivity contribution in [2.45, 2.75) is 25.5 Å². The van der Waals surface area contributed by atoms with Gasteiger partial charge in [0, 0.05) is 0 Å². The summed E-state index contributed by atoms with van der Waals surface area (Å²) in [6.45, 7) is 0.871. The molecule has 1 fully saturated rings. The van der Waals surface area contributed by atoms with Crippen molar-refractivity contribution in [3.8, 4) is 0 Å². The van der Waals surface area contributed by atoms with E-state index in [9.17, 15) is 0 Å². The van der Waals surface area contributed by atoms with Gasteiger partial charge in [-0.05, 0) is 0 Å². The first kappa shape index (κ1) is 6.96. The normalized spacial score (nSPS) is 17.3. The first-order valence-corrected chi connectivity index (χ1v) is 4.52. The smallest absolute Gasteiger partial charge is 0.0801 e. The van der Waals surface area contributed by atoms with E-state index in [4.69, 9.17) is 0 Å². The van der Waals surface area contributed by atoms with Crippen molar-refractivity contribution in [2.24, 2.45) is 0 Å². The van der Waals surface area contributed by atoms with Gasteiger partial charge in [0.15, 0.2) is 6.71 Å². The molecule has 1 heterocycles. The van der Waals surface area contributed by atoms with Crippen molar-refractivity contribution >= 4 is 12.2 Å². The highest BCUT2D eigenvalue weighted by Crippen LogP contribution is 2.18. The fourth-order valence-electron chi connectivity index (χ4n) is 1.98. The summed E-state index contributed by atoms with van der Waals surface area (Å²) in [6.07, 6.45) is 5.67. The van der Waals surface area contributed by atoms with Crippen molar-refractivity contribution in [1.82, 2.24) is 0 Å². The summed E-state index contributed by atoms with van der Waals surface area (Å²) in [4.78, 5) is 0. The van der Waals surface area contributed by atoms with Gasteiger partial charge in [-0.25, -0.2) is 0 Å². The number of hydrogen-bond acceptors (Lipinski definition) is 0. The molecule has 1 aromatic carbocycles. The Bertz CT molecular complexity index is 212. The highest BCUT2D eigenvalue weighted by atomic mass is 14.0. The third-order valence-corrected chi connectivity index (χ3v) is 2.63. The zero-order valence-corrected chi connectivity index (χ0v) is 6.79. The molecule has 0 radical (unpaired) electrons. The molecule has 0 spiro atoms. The average molecular weight is 144 g/mol. The number of benzene rings is 1. The molecule has 2 rings (SSSR count). The molecular formula is C10H13B. The molecule has 0 aromatic heterocycles. The third-order valence-electron chi connectivity index (χ3n) is 2.63. The molecule has 11 heavy (non-hydrogen) atoms. The maximum Gasteiger partial charge on any atom is 0.175 e. The van der Waals surface area contributed by atoms with Gasteiger partial charge in [-0.15, -0.1) is 0 Å². The SMILES string of the molecule is c1ccc(B2CCCC2)cc1. The second kappa shape index (κ2) is 3.12. The summed E-state index contributed by atoms with van der Waals surface area (Å²) in [5.74, 6) is 0. The van der Waals surface area contributed by atoms with Gasteiger partial charge in [0.05, 0.1) is 0 Å². The first-order chi connectivity index (χ1) is 5.47. The minimum Gasteiger partial charge on any atom is -0.0801 e. The van der Waals surface area contributed by atoms with E-state index in [-0.39, 0.29) is 0 Å². The largest absolute Gasteiger partial charge is 0.175 e. The van der Waals surface area contributed by atoms with Gasteiger partial charge in [0.2, 0.25) is 0 Å². The minimum atomic E-state index is 0.871. The Balaban J connectivity index is 2.16. The second-order valence-electron chi connectivity index (χ2n) is 3.39. The van der Waals surface area contributed by atoms with Crippen molar-refractivity contribution < 1.29 is 0 Å². The molecule has 0 nitrogen and oxygen atoms in total. The third kappa shape index (κ3) is 1.47. The lowest BCUT2D eigenvalue weighted by Gasteiger charge is -2.03. The maximum atomic E-state index is 2.26. The Morgan fingerprint density at radius 3 is 2.18 bits per heavy atom. The van der Waals surface area contributed by atoms with Gasteiger partial charge in [-0.2, -0.15) is 0 Å². The topological polar surface area (TPSA) is 0 Å². The Morgan fingerprint density at radius 1 is 0.909 bits per heavy atom. The monoisotopic (exact) mass is 144 g/mol. The Kier molecular flexibility index (Phi) is 1.98. The van der Waals surface area contributed by atoms with Crippen LogP contribution in [0.1, 0.15) is 12.8 Å². The molecular weight excluding hydrogens is 131 g/mol. The van der Waals surface area contributed by atoms with Crippen molar-refractivity contribution in [2.75, 3.05) is 0 Å². The van der Waals surface area contributed by atoms with Gasteiger partial charge in [0.25, 0.3) is 0 Å². The standard InChI is InChI=1S/C10H13B/c1-2-6-10(7-3-1)11-8-4-5-9-11/h1-3,6-7H,4-5,8-9H2. The van der Waals surface area contributed by atoms with Crippen molar-refractivity contribution in [3.63, 3.8) is 0 Å². The van der Waals surface area contributed by atoms with Crippen LogP contribution >= 0.6 is 0 Å². The molecule has 56 valence electrons. The van der Waals surface area contributed by atoms with Gasteiger partial charge in [-0.1, -0.05) is 61.3 Å². The van der Waals surface area contributed by atoms with Crippen molar-refractivity contribution in [3.05, 3.63) is 30.3 Å². The Labute approximate surface area is 68.7 Å². The van der Waals surface area contributed by atoms with E-state index >= 15 is 0 Å². The lowest BCUT2D eigenvalue weighted by atomic mass is 9.44. The van der Waals surface area contributed by atoms with E-state index in [1.165, 1.54) is 25.5 Å². The summed E-state index contributed by atoms with van der Waals surface area (Å²) < 4.78 is 0. The molecule has 1 aromatic rings. The summed E-state index contributed by atoms with van der Waals surface area (Å²) in [5.41, 5.74) is 1.55. The molecule has 0 unspecified atom stereocenters. The van der Waals surface area contributed by atoms with Crippen molar-refractivity contribution in [1.29, 1.82) is 0 Å². The summed E-state index contributed by atoms with van der Waals surface area (Å²) in [6, 6.07) is 10.9. The Hall–Kier alpha value is -0.715. The maximum absolute atomic E-state index is 2.26. The van der Waals surface area contributed by atoms with Gasteiger partial charge in [0.1, 0.15) is 0 Å². The first-order valence-electron chi connectivity index (χ1n) is 4.52. The fourth-order valence-corrected chi connectivity index (χ4v) is 1.98. The molecule has 1 aliphatic heterocycles. The zero-order valence-electron chi connectivity index (χ0n) is 6.79. The highest BCUT2D eigenvalue weighted by Gasteiger charge is 2.19.